The Labute approximate surface area is 202 Å². The maximum absolute atomic E-state index is 12.4. The molecule has 10 heteroatoms. The number of furan rings is 1. The highest BCUT2D eigenvalue weighted by Crippen LogP contribution is 2.26. The van der Waals surface area contributed by atoms with Gasteiger partial charge in [-0.1, -0.05) is 25.3 Å². The highest BCUT2D eigenvalue weighted by molar-refractivity contribution is 5.89. The first-order valence-electron chi connectivity index (χ1n) is 11.7. The molecule has 1 aliphatic rings. The zero-order valence-electron chi connectivity index (χ0n) is 19.4. The molecule has 2 amide bonds. The summed E-state index contributed by atoms with van der Waals surface area (Å²) < 4.78 is 11.3. The van der Waals surface area contributed by atoms with E-state index in [1.54, 1.807) is 30.5 Å². The minimum atomic E-state index is -0.208. The first-order valence-corrected chi connectivity index (χ1v) is 11.7. The molecule has 5 rings (SSSR count). The molecule has 4 N–H and O–H groups in total. The topological polar surface area (TPSA) is 130 Å². The lowest BCUT2D eigenvalue weighted by Gasteiger charge is -2.22. The Bertz CT molecular complexity index is 1280. The second kappa shape index (κ2) is 10.3. The van der Waals surface area contributed by atoms with Crippen LogP contribution in [-0.4, -0.2) is 32.2 Å². The molecular weight excluding hydrogens is 446 g/mol. The number of aromatic amines is 1. The van der Waals surface area contributed by atoms with Crippen molar-refractivity contribution in [3.63, 3.8) is 0 Å². The summed E-state index contributed by atoms with van der Waals surface area (Å²) >= 11 is 0. The van der Waals surface area contributed by atoms with Crippen LogP contribution in [0.1, 0.15) is 37.8 Å². The second-order valence-electron chi connectivity index (χ2n) is 8.51. The number of H-pyrrole nitrogens is 1. The van der Waals surface area contributed by atoms with Gasteiger partial charge in [0.25, 0.3) is 0 Å². The van der Waals surface area contributed by atoms with Crippen LogP contribution in [0.5, 0.6) is 11.8 Å². The van der Waals surface area contributed by atoms with Gasteiger partial charge in [0.2, 0.25) is 0 Å². The highest BCUT2D eigenvalue weighted by atomic mass is 16.5. The van der Waals surface area contributed by atoms with Crippen LogP contribution in [0.3, 0.4) is 0 Å². The lowest BCUT2D eigenvalue weighted by atomic mass is 9.96. The van der Waals surface area contributed by atoms with Crippen LogP contribution in [0.15, 0.2) is 59.2 Å². The van der Waals surface area contributed by atoms with Crippen molar-refractivity contribution in [1.82, 2.24) is 25.5 Å². The molecule has 1 fully saturated rings. The average molecular weight is 474 g/mol. The summed E-state index contributed by atoms with van der Waals surface area (Å²) in [6, 6.07) is 14.6. The molecule has 35 heavy (non-hydrogen) atoms. The van der Waals surface area contributed by atoms with E-state index in [4.69, 9.17) is 9.15 Å². The maximum Gasteiger partial charge on any atom is 0.324 e. The number of nitrogens with one attached hydrogen (secondary N) is 4. The summed E-state index contributed by atoms with van der Waals surface area (Å²) in [5.74, 6) is 2.37. The summed E-state index contributed by atoms with van der Waals surface area (Å²) in [6.45, 7) is 1.86. The molecule has 0 atom stereocenters. The molecule has 1 aromatic carbocycles. The van der Waals surface area contributed by atoms with Crippen molar-refractivity contribution in [2.24, 2.45) is 0 Å². The van der Waals surface area contributed by atoms with Crippen molar-refractivity contribution in [1.29, 1.82) is 0 Å². The Morgan fingerprint density at radius 1 is 1.09 bits per heavy atom. The van der Waals surface area contributed by atoms with Gasteiger partial charge in [-0.15, -0.1) is 0 Å². The number of ether oxygens (including phenoxy) is 1. The van der Waals surface area contributed by atoms with Gasteiger partial charge in [0.15, 0.2) is 5.76 Å². The molecular formula is C25H27N7O3. The average Bonchev–Trinajstić information content (AvgIpc) is 3.52. The molecule has 1 aliphatic carbocycles. The lowest BCUT2D eigenvalue weighted by molar-refractivity contribution is 0.244. The third-order valence-electron chi connectivity index (χ3n) is 5.69. The SMILES string of the molecule is Cc1cc(Nc2cc(-c3ccco3)n[nH]2)nc(Oc2cccc(NC(=O)NC3CCCCC3)c2)n1. The fourth-order valence-corrected chi connectivity index (χ4v) is 4.07. The molecule has 0 spiro atoms. The van der Waals surface area contributed by atoms with Crippen LogP contribution in [-0.2, 0) is 0 Å². The van der Waals surface area contributed by atoms with E-state index in [9.17, 15) is 4.79 Å². The first-order chi connectivity index (χ1) is 17.1. The number of hydrogen-bond donors (Lipinski definition) is 4. The number of aryl methyl sites for hydroxylation is 1. The summed E-state index contributed by atoms with van der Waals surface area (Å²) in [4.78, 5) is 21.2. The Hall–Kier alpha value is -4.34. The van der Waals surface area contributed by atoms with Crippen LogP contribution in [0.2, 0.25) is 0 Å². The van der Waals surface area contributed by atoms with Gasteiger partial charge in [0, 0.05) is 35.6 Å². The zero-order chi connectivity index (χ0) is 24.0. The molecule has 3 aromatic heterocycles. The maximum atomic E-state index is 12.4. The van der Waals surface area contributed by atoms with Crippen molar-refractivity contribution >= 4 is 23.4 Å². The molecule has 3 heterocycles. The van der Waals surface area contributed by atoms with Crippen molar-refractivity contribution in [3.05, 3.63) is 60.5 Å². The smallest absolute Gasteiger partial charge is 0.324 e. The van der Waals surface area contributed by atoms with Crippen LogP contribution in [0, 0.1) is 6.92 Å². The molecule has 4 aromatic rings. The van der Waals surface area contributed by atoms with Crippen LogP contribution in [0.25, 0.3) is 11.5 Å². The van der Waals surface area contributed by atoms with Gasteiger partial charge in [-0.2, -0.15) is 10.1 Å². The van der Waals surface area contributed by atoms with Crippen molar-refractivity contribution in [3.8, 4) is 23.2 Å². The van der Waals surface area contributed by atoms with Gasteiger partial charge < -0.3 is 25.1 Å². The van der Waals surface area contributed by atoms with Gasteiger partial charge >= 0.3 is 12.0 Å². The van der Waals surface area contributed by atoms with Crippen molar-refractivity contribution in [2.75, 3.05) is 10.6 Å². The Balaban J connectivity index is 1.23. The minimum Gasteiger partial charge on any atom is -0.463 e. The van der Waals surface area contributed by atoms with E-state index in [0.29, 0.717) is 34.5 Å². The normalized spacial score (nSPS) is 13.9. The molecule has 0 bridgehead atoms. The summed E-state index contributed by atoms with van der Waals surface area (Å²) in [6.07, 6.45) is 7.22. The largest absolute Gasteiger partial charge is 0.463 e. The number of carbonyl (C=O) groups is 1. The second-order valence-corrected chi connectivity index (χ2v) is 8.51. The lowest BCUT2D eigenvalue weighted by Crippen LogP contribution is -2.38. The molecule has 0 unspecified atom stereocenters. The third kappa shape index (κ3) is 5.97. The van der Waals surface area contributed by atoms with E-state index in [1.165, 1.54) is 6.42 Å². The monoisotopic (exact) mass is 473 g/mol. The number of amides is 2. The Morgan fingerprint density at radius 3 is 2.80 bits per heavy atom. The third-order valence-corrected chi connectivity index (χ3v) is 5.69. The Morgan fingerprint density at radius 2 is 1.97 bits per heavy atom. The number of anilines is 3. The summed E-state index contributed by atoms with van der Waals surface area (Å²) in [5.41, 5.74) is 2.03. The summed E-state index contributed by atoms with van der Waals surface area (Å²) in [7, 11) is 0. The Kier molecular flexibility index (Phi) is 6.60. The number of carbonyl (C=O) groups excluding carboxylic acids is 1. The van der Waals surface area contributed by atoms with Crippen LogP contribution < -0.4 is 20.7 Å². The predicted octanol–water partition coefficient (Wildman–Crippen LogP) is 5.76. The van der Waals surface area contributed by atoms with Crippen LogP contribution >= 0.6 is 0 Å². The number of urea groups is 1. The molecule has 0 radical (unpaired) electrons. The number of nitrogens with zero attached hydrogens (tertiary/aromatic N) is 3. The number of rotatable bonds is 7. The van der Waals surface area contributed by atoms with E-state index >= 15 is 0 Å². The van der Waals surface area contributed by atoms with Gasteiger partial charge in [0.1, 0.15) is 23.1 Å². The van der Waals surface area contributed by atoms with E-state index < -0.39 is 0 Å². The van der Waals surface area contributed by atoms with E-state index in [1.807, 2.05) is 31.2 Å². The number of benzene rings is 1. The quantitative estimate of drug-likeness (QED) is 0.268. The van der Waals surface area contributed by atoms with E-state index in [-0.39, 0.29) is 18.1 Å². The number of aromatic nitrogens is 4. The van der Waals surface area contributed by atoms with E-state index in [0.717, 1.165) is 31.4 Å². The fourth-order valence-electron chi connectivity index (χ4n) is 4.07. The van der Waals surface area contributed by atoms with Crippen molar-refractivity contribution in [2.45, 2.75) is 45.1 Å². The first kappa shape index (κ1) is 22.5. The van der Waals surface area contributed by atoms with Gasteiger partial charge in [-0.25, -0.2) is 9.78 Å². The molecule has 10 nitrogen and oxygen atoms in total. The minimum absolute atomic E-state index is 0.182. The van der Waals surface area contributed by atoms with Gasteiger partial charge in [-0.3, -0.25) is 5.10 Å². The van der Waals surface area contributed by atoms with E-state index in [2.05, 4.69) is 36.1 Å². The fraction of sp³-hybridized carbons (Fsp3) is 0.280. The molecule has 0 saturated heterocycles. The molecule has 0 aliphatic heterocycles. The van der Waals surface area contributed by atoms with Gasteiger partial charge in [0.05, 0.1) is 6.26 Å². The van der Waals surface area contributed by atoms with Crippen molar-refractivity contribution < 1.29 is 13.9 Å². The van der Waals surface area contributed by atoms with Gasteiger partial charge in [-0.05, 0) is 44.0 Å². The van der Waals surface area contributed by atoms with Crippen LogP contribution in [0.4, 0.5) is 22.1 Å². The molecule has 1 saturated carbocycles. The number of hydrogen-bond acceptors (Lipinski definition) is 7. The summed E-state index contributed by atoms with van der Waals surface area (Å²) in [5, 5.41) is 16.3. The highest BCUT2D eigenvalue weighted by Gasteiger charge is 2.16. The predicted molar refractivity (Wildman–Crippen MR) is 132 cm³/mol. The molecule has 180 valence electrons. The standard InChI is InChI=1S/C25H27N7O3/c1-16-13-22(29-23-15-20(31-32-23)21-11-6-12-34-21)30-25(26-16)35-19-10-5-9-18(14-19)28-24(33)27-17-7-3-2-4-8-17/h5-6,9-15,17H,2-4,7-8H2,1H3,(H2,27,28,33)(H2,26,29,30,31,32). The zero-order valence-corrected chi connectivity index (χ0v) is 19.4.